The molecule has 3 heterocycles. The molecule has 0 bridgehead atoms. The Kier molecular flexibility index (Phi) is 0.746. The molecule has 0 unspecified atom stereocenters. The van der Waals surface area contributed by atoms with E-state index in [2.05, 4.69) is 0 Å². The van der Waals surface area contributed by atoms with Gasteiger partial charge in [0.1, 0.15) is 12.2 Å². The lowest BCUT2D eigenvalue weighted by molar-refractivity contribution is 0.173. The van der Waals surface area contributed by atoms with Gasteiger partial charge in [-0.15, -0.1) is 0 Å². The van der Waals surface area contributed by atoms with E-state index >= 15 is 0 Å². The predicted molar refractivity (Wildman–Crippen MR) is 35.1 cm³/mol. The van der Waals surface area contributed by atoms with Gasteiger partial charge in [-0.05, 0) is 0 Å². The summed E-state index contributed by atoms with van der Waals surface area (Å²) in [6.07, 6.45) is 1.88. The van der Waals surface area contributed by atoms with Crippen LogP contribution in [0.3, 0.4) is 0 Å². The molecule has 3 aliphatic heterocycles. The average molecular weight is 154 g/mol. The summed E-state index contributed by atoms with van der Waals surface area (Å²) in [5.74, 6) is 1.31. The number of hydrogen-bond donors (Lipinski definition) is 0. The number of epoxide rings is 2. The Morgan fingerprint density at radius 2 is 1.27 bits per heavy atom. The molecule has 11 heavy (non-hydrogen) atoms. The van der Waals surface area contributed by atoms with Gasteiger partial charge in [0.25, 0.3) is 0 Å². The third-order valence-corrected chi connectivity index (χ3v) is 3.46. The van der Waals surface area contributed by atoms with Crippen LogP contribution in [0.25, 0.3) is 0 Å². The van der Waals surface area contributed by atoms with Crippen LogP contribution in [0.5, 0.6) is 0 Å². The molecule has 1 aliphatic carbocycles. The zero-order valence-corrected chi connectivity index (χ0v) is 6.10. The van der Waals surface area contributed by atoms with Crippen molar-refractivity contribution in [3.8, 4) is 0 Å². The molecule has 0 radical (unpaired) electrons. The van der Waals surface area contributed by atoms with Crippen molar-refractivity contribution in [3.63, 3.8) is 0 Å². The van der Waals surface area contributed by atoms with E-state index in [1.807, 2.05) is 0 Å². The summed E-state index contributed by atoms with van der Waals surface area (Å²) in [7, 11) is 0. The van der Waals surface area contributed by atoms with Crippen molar-refractivity contribution in [2.75, 3.05) is 13.2 Å². The van der Waals surface area contributed by atoms with Gasteiger partial charge >= 0.3 is 0 Å². The first-order chi connectivity index (χ1) is 5.45. The van der Waals surface area contributed by atoms with E-state index in [1.54, 1.807) is 0 Å². The van der Waals surface area contributed by atoms with Gasteiger partial charge < -0.3 is 14.2 Å². The minimum Gasteiger partial charge on any atom is -0.381 e. The molecule has 0 N–H and O–H groups in total. The Balaban J connectivity index is 1.74. The van der Waals surface area contributed by atoms with Crippen LogP contribution in [0, 0.1) is 11.8 Å². The van der Waals surface area contributed by atoms with Crippen LogP contribution >= 0.6 is 0 Å². The summed E-state index contributed by atoms with van der Waals surface area (Å²) in [6.45, 7) is 1.80. The fourth-order valence-corrected chi connectivity index (χ4v) is 2.75. The predicted octanol–water partition coefficient (Wildman–Crippen LogP) is -0.203. The topological polar surface area (TPSA) is 34.3 Å². The fourth-order valence-electron chi connectivity index (χ4n) is 2.75. The molecule has 4 rings (SSSR count). The minimum atomic E-state index is 0.447. The van der Waals surface area contributed by atoms with Crippen LogP contribution in [-0.4, -0.2) is 37.6 Å². The van der Waals surface area contributed by atoms with Gasteiger partial charge in [0, 0.05) is 11.8 Å². The van der Waals surface area contributed by atoms with Gasteiger partial charge in [0.2, 0.25) is 0 Å². The van der Waals surface area contributed by atoms with Gasteiger partial charge in [-0.2, -0.15) is 0 Å². The number of fused-ring (bicyclic) bond motifs is 6. The van der Waals surface area contributed by atoms with Crippen LogP contribution in [0.1, 0.15) is 0 Å². The van der Waals surface area contributed by atoms with E-state index in [0.29, 0.717) is 36.3 Å². The highest BCUT2D eigenvalue weighted by Gasteiger charge is 2.69. The van der Waals surface area contributed by atoms with Crippen molar-refractivity contribution in [1.29, 1.82) is 0 Å². The summed E-state index contributed by atoms with van der Waals surface area (Å²) in [5.41, 5.74) is 0. The smallest absolute Gasteiger partial charge is 0.113 e. The van der Waals surface area contributed by atoms with Crippen molar-refractivity contribution in [2.45, 2.75) is 24.4 Å². The molecule has 3 nitrogen and oxygen atoms in total. The van der Waals surface area contributed by atoms with Crippen LogP contribution in [0.2, 0.25) is 0 Å². The van der Waals surface area contributed by atoms with E-state index in [1.165, 1.54) is 0 Å². The number of hydrogen-bond acceptors (Lipinski definition) is 3. The van der Waals surface area contributed by atoms with Gasteiger partial charge in [-0.3, -0.25) is 0 Å². The average Bonchev–Trinajstić information content (AvgIpc) is 2.88. The maximum Gasteiger partial charge on any atom is 0.113 e. The molecule has 0 spiro atoms. The van der Waals surface area contributed by atoms with Crippen LogP contribution in [0.4, 0.5) is 0 Å². The molecule has 0 aromatic heterocycles. The van der Waals surface area contributed by atoms with Crippen molar-refractivity contribution < 1.29 is 14.2 Å². The largest absolute Gasteiger partial charge is 0.381 e. The van der Waals surface area contributed by atoms with Gasteiger partial charge in [0.15, 0.2) is 0 Å². The maximum absolute atomic E-state index is 5.54. The van der Waals surface area contributed by atoms with Crippen molar-refractivity contribution in [1.82, 2.24) is 0 Å². The third kappa shape index (κ3) is 0.534. The highest BCUT2D eigenvalue weighted by atomic mass is 16.7. The molecule has 0 aromatic rings. The lowest BCUT2D eigenvalue weighted by Gasteiger charge is -2.15. The Bertz CT molecular complexity index is 195. The molecule has 60 valence electrons. The monoisotopic (exact) mass is 154 g/mol. The van der Waals surface area contributed by atoms with Crippen LogP contribution in [0.15, 0.2) is 0 Å². The second kappa shape index (κ2) is 1.49. The first-order valence-corrected chi connectivity index (χ1v) is 4.34. The summed E-state index contributed by atoms with van der Waals surface area (Å²) >= 11 is 0. The molecular formula is C8H10O3. The highest BCUT2D eigenvalue weighted by Crippen LogP contribution is 2.55. The van der Waals surface area contributed by atoms with E-state index in [9.17, 15) is 0 Å². The zero-order chi connectivity index (χ0) is 7.00. The molecule has 4 fully saturated rings. The molecule has 0 amide bonds. The Morgan fingerprint density at radius 3 is 1.82 bits per heavy atom. The Morgan fingerprint density at radius 1 is 0.727 bits per heavy atom. The molecule has 1 saturated carbocycles. The summed E-state index contributed by atoms with van der Waals surface area (Å²) in [6, 6.07) is 0. The molecule has 3 heteroatoms. The first-order valence-electron chi connectivity index (χ1n) is 4.34. The molecule has 6 atom stereocenters. The third-order valence-electron chi connectivity index (χ3n) is 3.46. The number of ether oxygens (including phenoxy) is 3. The summed E-state index contributed by atoms with van der Waals surface area (Å²) in [5, 5.41) is 0. The fraction of sp³-hybridized carbons (Fsp3) is 1.00. The zero-order valence-electron chi connectivity index (χ0n) is 6.10. The van der Waals surface area contributed by atoms with Crippen LogP contribution in [-0.2, 0) is 14.2 Å². The van der Waals surface area contributed by atoms with Crippen LogP contribution < -0.4 is 0 Å². The minimum absolute atomic E-state index is 0.447. The second-order valence-electron chi connectivity index (χ2n) is 4.00. The molecule has 3 saturated heterocycles. The number of rotatable bonds is 0. The maximum atomic E-state index is 5.54. The SMILES string of the molecule is C1OC[C@H]2[C@@H]1[C@@H]1O[C@@H]1[C@@H]1O[C@H]21. The van der Waals surface area contributed by atoms with E-state index in [4.69, 9.17) is 14.2 Å². The normalized spacial score (nSPS) is 69.8. The van der Waals surface area contributed by atoms with Gasteiger partial charge in [-0.1, -0.05) is 0 Å². The van der Waals surface area contributed by atoms with Gasteiger partial charge in [-0.25, -0.2) is 0 Å². The van der Waals surface area contributed by atoms with E-state index in [0.717, 1.165) is 13.2 Å². The quantitative estimate of drug-likeness (QED) is 0.453. The second-order valence-corrected chi connectivity index (χ2v) is 4.00. The van der Waals surface area contributed by atoms with Crippen molar-refractivity contribution in [3.05, 3.63) is 0 Å². The summed E-state index contributed by atoms with van der Waals surface area (Å²) in [4.78, 5) is 0. The standard InChI is InChI=1S/C8H10O3/c1-3-4(2-9-1)6-8(11-6)7-5(3)10-7/h3-8H,1-2H2/t3-,4+,5+,6-,7+,8-. The lowest BCUT2D eigenvalue weighted by atomic mass is 9.82. The molecular weight excluding hydrogens is 144 g/mol. The molecule has 4 aliphatic rings. The Labute approximate surface area is 64.6 Å². The molecule has 0 aromatic carbocycles. The highest BCUT2D eigenvalue weighted by molar-refractivity contribution is 5.15. The lowest BCUT2D eigenvalue weighted by Crippen LogP contribution is -2.31. The van der Waals surface area contributed by atoms with Crippen molar-refractivity contribution >= 4 is 0 Å². The van der Waals surface area contributed by atoms with E-state index in [-0.39, 0.29) is 0 Å². The first kappa shape index (κ1) is 5.51. The summed E-state index contributed by atoms with van der Waals surface area (Å²) < 4.78 is 16.5. The van der Waals surface area contributed by atoms with E-state index < -0.39 is 0 Å². The Hall–Kier alpha value is -0.120. The van der Waals surface area contributed by atoms with Crippen molar-refractivity contribution in [2.24, 2.45) is 11.8 Å². The van der Waals surface area contributed by atoms with Gasteiger partial charge in [0.05, 0.1) is 25.4 Å².